The minimum atomic E-state index is -1.04. The summed E-state index contributed by atoms with van der Waals surface area (Å²) in [5.74, 6) is 0.597. The zero-order valence-electron chi connectivity index (χ0n) is 20.5. The van der Waals surface area contributed by atoms with Crippen molar-refractivity contribution in [3.63, 3.8) is 0 Å². The topological polar surface area (TPSA) is 136 Å². The van der Waals surface area contributed by atoms with E-state index in [0.29, 0.717) is 18.4 Å². The Hall–Kier alpha value is -2.62. The van der Waals surface area contributed by atoms with E-state index in [9.17, 15) is 15.0 Å². The minimum Gasteiger partial charge on any atom is -0.396 e. The van der Waals surface area contributed by atoms with Crippen LogP contribution in [0.2, 0.25) is 0 Å². The van der Waals surface area contributed by atoms with E-state index in [0.717, 1.165) is 29.0 Å². The third-order valence-electron chi connectivity index (χ3n) is 6.77. The van der Waals surface area contributed by atoms with Crippen LogP contribution in [0.25, 0.3) is 0 Å². The number of oxime groups is 1. The standard InChI is InChI=1S/C26H38N4O5/c1-18-21-6-4-2-3-5-7-22(21)26(30-29-18)20-10-8-19(9-11-20)16-27-25(34)17-35-28-14-12-23(32)24(33)13-15-31/h8-11,14,21-24,31-33H,2-7,12-13,15-17H2,1H3,(H,27,34)/b28-14+/t21?,22?,23-,24-/m1/s1. The Labute approximate surface area is 207 Å². The SMILES string of the molecule is CC1=NN=C(c2ccc(CNC(=O)CO/N=C/C[C@@H](O)[C@H](O)CCO)cc2)C2CCCCCCC12. The molecular weight excluding hydrogens is 448 g/mol. The summed E-state index contributed by atoms with van der Waals surface area (Å²) in [5.41, 5.74) is 4.30. The first kappa shape index (κ1) is 27.0. The van der Waals surface area contributed by atoms with Crippen LogP contribution in [0.3, 0.4) is 0 Å². The smallest absolute Gasteiger partial charge is 0.261 e. The van der Waals surface area contributed by atoms with Crippen LogP contribution in [0.15, 0.2) is 39.6 Å². The molecule has 1 aromatic rings. The van der Waals surface area contributed by atoms with Crippen molar-refractivity contribution in [1.82, 2.24) is 5.32 Å². The van der Waals surface area contributed by atoms with Gasteiger partial charge in [-0.3, -0.25) is 4.79 Å². The lowest BCUT2D eigenvalue weighted by atomic mass is 9.74. The maximum absolute atomic E-state index is 12.0. The molecule has 1 heterocycles. The number of rotatable bonds is 11. The normalized spacial score (nSPS) is 22.3. The van der Waals surface area contributed by atoms with Gasteiger partial charge in [-0.15, -0.1) is 0 Å². The Balaban J connectivity index is 1.45. The van der Waals surface area contributed by atoms with Crippen molar-refractivity contribution in [1.29, 1.82) is 0 Å². The second-order valence-corrected chi connectivity index (χ2v) is 9.35. The van der Waals surface area contributed by atoms with Crippen LogP contribution in [0.1, 0.15) is 69.4 Å². The highest BCUT2D eigenvalue weighted by Gasteiger charge is 2.32. The van der Waals surface area contributed by atoms with Crippen molar-refractivity contribution >= 4 is 23.5 Å². The van der Waals surface area contributed by atoms with E-state index in [1.165, 1.54) is 38.3 Å². The molecule has 0 radical (unpaired) electrons. The molecule has 1 fully saturated rings. The summed E-state index contributed by atoms with van der Waals surface area (Å²) >= 11 is 0. The zero-order valence-corrected chi connectivity index (χ0v) is 20.5. The van der Waals surface area contributed by atoms with E-state index < -0.39 is 12.2 Å². The molecule has 2 unspecified atom stereocenters. The van der Waals surface area contributed by atoms with Gasteiger partial charge in [0.1, 0.15) is 0 Å². The molecule has 192 valence electrons. The third kappa shape index (κ3) is 8.23. The number of benzene rings is 1. The Kier molecular flexibility index (Phi) is 10.8. The molecule has 2 aliphatic rings. The first-order chi connectivity index (χ1) is 17.0. The number of hydrogen-bond donors (Lipinski definition) is 4. The van der Waals surface area contributed by atoms with E-state index >= 15 is 0 Å². The van der Waals surface area contributed by atoms with Gasteiger partial charge in [-0.05, 0) is 37.3 Å². The number of amides is 1. The average molecular weight is 487 g/mol. The number of nitrogens with zero attached hydrogens (tertiary/aromatic N) is 3. The summed E-state index contributed by atoms with van der Waals surface area (Å²) in [7, 11) is 0. The van der Waals surface area contributed by atoms with Crippen LogP contribution in [0.4, 0.5) is 0 Å². The Morgan fingerprint density at radius 3 is 2.54 bits per heavy atom. The van der Waals surface area contributed by atoms with Gasteiger partial charge in [-0.2, -0.15) is 10.2 Å². The summed E-state index contributed by atoms with van der Waals surface area (Å²) in [5, 5.41) is 43.4. The van der Waals surface area contributed by atoms with Gasteiger partial charge >= 0.3 is 0 Å². The van der Waals surface area contributed by atoms with Crippen LogP contribution in [0, 0.1) is 11.8 Å². The Morgan fingerprint density at radius 2 is 1.83 bits per heavy atom. The molecule has 1 saturated carbocycles. The van der Waals surface area contributed by atoms with Crippen molar-refractivity contribution in [3.05, 3.63) is 35.4 Å². The number of fused-ring (bicyclic) bond motifs is 1. The number of carbonyl (C=O) groups is 1. The summed E-state index contributed by atoms with van der Waals surface area (Å²) in [6.07, 6.45) is 6.78. The Morgan fingerprint density at radius 1 is 1.11 bits per heavy atom. The molecule has 1 aliphatic carbocycles. The van der Waals surface area contributed by atoms with Crippen molar-refractivity contribution in [2.45, 2.75) is 77.0 Å². The monoisotopic (exact) mass is 486 g/mol. The lowest BCUT2D eigenvalue weighted by Gasteiger charge is -2.32. The van der Waals surface area contributed by atoms with E-state index in [1.54, 1.807) is 0 Å². The maximum Gasteiger partial charge on any atom is 0.261 e. The van der Waals surface area contributed by atoms with E-state index in [2.05, 4.69) is 39.7 Å². The van der Waals surface area contributed by atoms with Crippen LogP contribution in [-0.4, -0.2) is 64.3 Å². The fourth-order valence-electron chi connectivity index (χ4n) is 4.69. The summed E-state index contributed by atoms with van der Waals surface area (Å²) < 4.78 is 0. The molecule has 4 N–H and O–H groups in total. The lowest BCUT2D eigenvalue weighted by molar-refractivity contribution is -0.125. The predicted octanol–water partition coefficient (Wildman–Crippen LogP) is 2.56. The molecule has 4 atom stereocenters. The zero-order chi connectivity index (χ0) is 25.0. The molecule has 9 nitrogen and oxygen atoms in total. The Bertz CT molecular complexity index is 900. The highest BCUT2D eigenvalue weighted by atomic mass is 16.6. The molecule has 3 rings (SSSR count). The van der Waals surface area contributed by atoms with Crippen LogP contribution in [-0.2, 0) is 16.2 Å². The predicted molar refractivity (Wildman–Crippen MR) is 135 cm³/mol. The molecule has 1 aromatic carbocycles. The second kappa shape index (κ2) is 14.1. The molecular formula is C26H38N4O5. The average Bonchev–Trinajstić information content (AvgIpc) is 2.83. The maximum atomic E-state index is 12.0. The fourth-order valence-corrected chi connectivity index (χ4v) is 4.69. The van der Waals surface area contributed by atoms with Crippen molar-refractivity contribution < 1.29 is 25.0 Å². The van der Waals surface area contributed by atoms with Crippen LogP contribution < -0.4 is 5.32 Å². The lowest BCUT2D eigenvalue weighted by Crippen LogP contribution is -2.33. The van der Waals surface area contributed by atoms with Gasteiger partial charge in [0.2, 0.25) is 0 Å². The van der Waals surface area contributed by atoms with Gasteiger partial charge in [0.15, 0.2) is 6.61 Å². The van der Waals surface area contributed by atoms with Crippen molar-refractivity contribution in [2.75, 3.05) is 13.2 Å². The highest BCUT2D eigenvalue weighted by molar-refractivity contribution is 6.06. The van der Waals surface area contributed by atoms with E-state index in [-0.39, 0.29) is 32.0 Å². The fraction of sp³-hybridized carbons (Fsp3) is 0.615. The summed E-state index contributed by atoms with van der Waals surface area (Å²) in [6.45, 7) is 2.02. The number of aliphatic hydroxyl groups excluding tert-OH is 3. The third-order valence-corrected chi connectivity index (χ3v) is 6.77. The van der Waals surface area contributed by atoms with Gasteiger partial charge in [-0.1, -0.05) is 55.1 Å². The van der Waals surface area contributed by atoms with Gasteiger partial charge in [0.25, 0.3) is 5.91 Å². The van der Waals surface area contributed by atoms with Crippen LogP contribution in [0.5, 0.6) is 0 Å². The number of aliphatic hydroxyl groups is 3. The number of nitrogens with one attached hydrogen (secondary N) is 1. The molecule has 1 aliphatic heterocycles. The number of carbonyl (C=O) groups excluding carboxylic acids is 1. The van der Waals surface area contributed by atoms with Gasteiger partial charge < -0.3 is 25.5 Å². The molecule has 0 aromatic heterocycles. The first-order valence-electron chi connectivity index (χ1n) is 12.6. The van der Waals surface area contributed by atoms with Crippen LogP contribution >= 0.6 is 0 Å². The van der Waals surface area contributed by atoms with Gasteiger partial charge in [0.05, 0.1) is 17.9 Å². The quantitative estimate of drug-likeness (QED) is 0.282. The first-order valence-corrected chi connectivity index (χ1v) is 12.6. The molecule has 1 amide bonds. The minimum absolute atomic E-state index is 0.0624. The molecule has 9 heteroatoms. The van der Waals surface area contributed by atoms with Gasteiger partial charge in [-0.25, -0.2) is 0 Å². The second-order valence-electron chi connectivity index (χ2n) is 9.35. The summed E-state index contributed by atoms with van der Waals surface area (Å²) in [4.78, 5) is 16.9. The van der Waals surface area contributed by atoms with Crippen molar-refractivity contribution in [2.24, 2.45) is 27.2 Å². The molecule has 0 spiro atoms. The largest absolute Gasteiger partial charge is 0.396 e. The molecule has 0 bridgehead atoms. The van der Waals surface area contributed by atoms with Gasteiger partial charge in [0, 0.05) is 43.3 Å². The van der Waals surface area contributed by atoms with E-state index in [4.69, 9.17) is 9.94 Å². The number of hydrogen-bond acceptors (Lipinski definition) is 8. The molecule has 0 saturated heterocycles. The summed E-state index contributed by atoms with van der Waals surface area (Å²) in [6, 6.07) is 8.12. The molecule has 35 heavy (non-hydrogen) atoms. The van der Waals surface area contributed by atoms with Crippen molar-refractivity contribution in [3.8, 4) is 0 Å². The highest BCUT2D eigenvalue weighted by Crippen LogP contribution is 2.34. The van der Waals surface area contributed by atoms with E-state index in [1.807, 2.05) is 12.1 Å².